The van der Waals surface area contributed by atoms with Crippen LogP contribution in [0.3, 0.4) is 0 Å². The topological polar surface area (TPSA) is 21.7 Å². The Morgan fingerprint density at radius 1 is 0.806 bits per heavy atom. The van der Waals surface area contributed by atoms with Gasteiger partial charge in [0.25, 0.3) is 0 Å². The molecule has 1 aliphatic rings. The van der Waals surface area contributed by atoms with E-state index in [-0.39, 0.29) is 0 Å². The highest BCUT2D eigenvalue weighted by atomic mass is 16.5. The molecule has 3 aromatic rings. The maximum absolute atomic E-state index is 6.41. The molecule has 3 heteroatoms. The zero-order valence-electron chi connectivity index (χ0n) is 18.7. The fraction of sp³-hybridized carbons (Fsp3) is 0.357. The predicted octanol–water partition coefficient (Wildman–Crippen LogP) is 5.54. The van der Waals surface area contributed by atoms with E-state index in [1.54, 1.807) is 7.11 Å². The molecule has 0 atom stereocenters. The summed E-state index contributed by atoms with van der Waals surface area (Å²) in [6, 6.07) is 29.9. The van der Waals surface area contributed by atoms with E-state index in [0.717, 1.165) is 44.6 Å². The van der Waals surface area contributed by atoms with Crippen LogP contribution in [-0.2, 0) is 16.8 Å². The summed E-state index contributed by atoms with van der Waals surface area (Å²) < 4.78 is 11.8. The van der Waals surface area contributed by atoms with Gasteiger partial charge in [0.2, 0.25) is 0 Å². The Kier molecular flexibility index (Phi) is 7.06. The van der Waals surface area contributed by atoms with Gasteiger partial charge in [0.15, 0.2) is 0 Å². The largest absolute Gasteiger partial charge is 0.497 e. The molecule has 0 saturated carbocycles. The summed E-state index contributed by atoms with van der Waals surface area (Å²) in [5.74, 6) is 1.38. The van der Waals surface area contributed by atoms with Crippen LogP contribution in [0.2, 0.25) is 0 Å². The van der Waals surface area contributed by atoms with Crippen LogP contribution in [0.5, 0.6) is 5.75 Å². The molecule has 1 fully saturated rings. The van der Waals surface area contributed by atoms with E-state index in [2.05, 4.69) is 83.8 Å². The molecule has 3 nitrogen and oxygen atoms in total. The first kappa shape index (κ1) is 21.6. The lowest BCUT2D eigenvalue weighted by Gasteiger charge is -2.44. The van der Waals surface area contributed by atoms with Crippen molar-refractivity contribution in [3.63, 3.8) is 0 Å². The summed E-state index contributed by atoms with van der Waals surface area (Å²) >= 11 is 0. The summed E-state index contributed by atoms with van der Waals surface area (Å²) in [7, 11) is 3.60. The smallest absolute Gasteiger partial charge is 0.121 e. The van der Waals surface area contributed by atoms with E-state index in [0.29, 0.717) is 5.92 Å². The third kappa shape index (κ3) is 4.68. The molecule has 1 aliphatic heterocycles. The van der Waals surface area contributed by atoms with Crippen molar-refractivity contribution in [2.45, 2.75) is 24.9 Å². The summed E-state index contributed by atoms with van der Waals surface area (Å²) in [5.41, 5.74) is 3.43. The van der Waals surface area contributed by atoms with Crippen molar-refractivity contribution in [1.29, 1.82) is 0 Å². The molecule has 0 bridgehead atoms. The average molecular weight is 416 g/mol. The number of methoxy groups -OCH3 is 2. The standard InChI is InChI=1S/C28H33NO2/c1-30-27-15-9-10-23(22-27)16-19-29-20-17-26(18-21-29)28(31-2,24-11-5-3-6-12-24)25-13-7-4-8-14-25/h3-15,22,26H,16-21H2,1-2H3. The molecule has 4 rings (SSSR count). The molecule has 1 heterocycles. The number of ether oxygens (including phenoxy) is 2. The van der Waals surface area contributed by atoms with Crippen molar-refractivity contribution in [1.82, 2.24) is 4.90 Å². The van der Waals surface area contributed by atoms with E-state index in [4.69, 9.17) is 9.47 Å². The van der Waals surface area contributed by atoms with Crippen molar-refractivity contribution < 1.29 is 9.47 Å². The molecular weight excluding hydrogens is 382 g/mol. The molecular formula is C28H33NO2. The van der Waals surface area contributed by atoms with E-state index in [9.17, 15) is 0 Å². The quantitative estimate of drug-likeness (QED) is 0.482. The lowest BCUT2D eigenvalue weighted by molar-refractivity contribution is -0.0506. The molecule has 162 valence electrons. The molecule has 3 aromatic carbocycles. The number of rotatable bonds is 8. The van der Waals surface area contributed by atoms with Gasteiger partial charge in [0.05, 0.1) is 7.11 Å². The maximum Gasteiger partial charge on any atom is 0.121 e. The molecule has 0 amide bonds. The molecule has 1 saturated heterocycles. The Morgan fingerprint density at radius 2 is 1.42 bits per heavy atom. The molecule has 0 radical (unpaired) electrons. The van der Waals surface area contributed by atoms with Crippen LogP contribution >= 0.6 is 0 Å². The molecule has 0 unspecified atom stereocenters. The van der Waals surface area contributed by atoms with Crippen molar-refractivity contribution >= 4 is 0 Å². The molecule has 31 heavy (non-hydrogen) atoms. The van der Waals surface area contributed by atoms with Crippen LogP contribution in [0, 0.1) is 5.92 Å². The summed E-state index contributed by atoms with van der Waals surface area (Å²) in [6.07, 6.45) is 3.29. The zero-order chi connectivity index (χ0) is 21.5. The summed E-state index contributed by atoms with van der Waals surface area (Å²) in [4.78, 5) is 2.59. The van der Waals surface area contributed by atoms with Crippen molar-refractivity contribution in [3.8, 4) is 5.75 Å². The summed E-state index contributed by atoms with van der Waals surface area (Å²) in [6.45, 7) is 3.27. The van der Waals surface area contributed by atoms with Crippen molar-refractivity contribution in [2.24, 2.45) is 5.92 Å². The van der Waals surface area contributed by atoms with Crippen LogP contribution in [0.25, 0.3) is 0 Å². The number of likely N-dealkylation sites (tertiary alicyclic amines) is 1. The van der Waals surface area contributed by atoms with E-state index in [1.807, 2.05) is 13.2 Å². The Labute approximate surface area is 186 Å². The van der Waals surface area contributed by atoms with Crippen molar-refractivity contribution in [2.75, 3.05) is 33.9 Å². The molecule has 0 aromatic heterocycles. The first-order valence-electron chi connectivity index (χ1n) is 11.3. The Hall–Kier alpha value is -2.62. The van der Waals surface area contributed by atoms with Gasteiger partial charge in [0.1, 0.15) is 11.4 Å². The van der Waals surface area contributed by atoms with Crippen LogP contribution in [0.1, 0.15) is 29.5 Å². The van der Waals surface area contributed by atoms with Gasteiger partial charge >= 0.3 is 0 Å². The van der Waals surface area contributed by atoms with Gasteiger partial charge in [-0.25, -0.2) is 0 Å². The minimum Gasteiger partial charge on any atom is -0.497 e. The molecule has 0 N–H and O–H groups in total. The second kappa shape index (κ2) is 10.1. The van der Waals surface area contributed by atoms with Gasteiger partial charge in [-0.15, -0.1) is 0 Å². The first-order chi connectivity index (χ1) is 15.3. The Balaban J connectivity index is 1.48. The first-order valence-corrected chi connectivity index (χ1v) is 11.3. The average Bonchev–Trinajstić information content (AvgIpc) is 2.86. The second-order valence-electron chi connectivity index (χ2n) is 8.39. The predicted molar refractivity (Wildman–Crippen MR) is 127 cm³/mol. The fourth-order valence-electron chi connectivity index (χ4n) is 5.09. The zero-order valence-corrected chi connectivity index (χ0v) is 18.7. The van der Waals surface area contributed by atoms with E-state index >= 15 is 0 Å². The second-order valence-corrected chi connectivity index (χ2v) is 8.39. The third-order valence-corrected chi connectivity index (χ3v) is 6.74. The Bertz CT molecular complexity index is 894. The van der Waals surface area contributed by atoms with Crippen molar-refractivity contribution in [3.05, 3.63) is 102 Å². The van der Waals surface area contributed by atoms with Gasteiger partial charge in [-0.05, 0) is 67.1 Å². The minimum atomic E-state index is -0.401. The third-order valence-electron chi connectivity index (χ3n) is 6.74. The molecule has 0 spiro atoms. The van der Waals surface area contributed by atoms with Crippen LogP contribution in [0.4, 0.5) is 0 Å². The maximum atomic E-state index is 6.41. The fourth-order valence-corrected chi connectivity index (χ4v) is 5.09. The highest BCUT2D eigenvalue weighted by molar-refractivity contribution is 5.38. The normalized spacial score (nSPS) is 15.7. The lowest BCUT2D eigenvalue weighted by Crippen LogP contribution is -2.45. The van der Waals surface area contributed by atoms with Gasteiger partial charge in [-0.3, -0.25) is 0 Å². The minimum absolute atomic E-state index is 0.401. The van der Waals surface area contributed by atoms with Crippen LogP contribution < -0.4 is 4.74 Å². The van der Waals surface area contributed by atoms with Gasteiger partial charge in [-0.2, -0.15) is 0 Å². The highest BCUT2D eigenvalue weighted by Crippen LogP contribution is 2.44. The number of hydrogen-bond donors (Lipinski definition) is 0. The van der Waals surface area contributed by atoms with E-state index < -0.39 is 5.60 Å². The highest BCUT2D eigenvalue weighted by Gasteiger charge is 2.43. The van der Waals surface area contributed by atoms with Gasteiger partial charge < -0.3 is 14.4 Å². The summed E-state index contributed by atoms with van der Waals surface area (Å²) in [5, 5.41) is 0. The van der Waals surface area contributed by atoms with Crippen LogP contribution in [0.15, 0.2) is 84.9 Å². The van der Waals surface area contributed by atoms with Gasteiger partial charge in [0, 0.05) is 13.7 Å². The lowest BCUT2D eigenvalue weighted by atomic mass is 9.71. The van der Waals surface area contributed by atoms with E-state index in [1.165, 1.54) is 16.7 Å². The number of hydrogen-bond acceptors (Lipinski definition) is 3. The monoisotopic (exact) mass is 415 g/mol. The number of benzene rings is 3. The Morgan fingerprint density at radius 3 is 1.97 bits per heavy atom. The van der Waals surface area contributed by atoms with Crippen LogP contribution in [-0.4, -0.2) is 38.8 Å². The van der Waals surface area contributed by atoms with Gasteiger partial charge in [-0.1, -0.05) is 72.8 Å². The SMILES string of the molecule is COc1cccc(CCN2CCC(C(OC)(c3ccccc3)c3ccccc3)CC2)c1. The molecule has 0 aliphatic carbocycles. The number of piperidine rings is 1. The number of nitrogens with zero attached hydrogens (tertiary/aromatic N) is 1.